The number of hydrogen-bond acceptors (Lipinski definition) is 7. The molecule has 0 aliphatic carbocycles. The van der Waals surface area contributed by atoms with Crippen molar-refractivity contribution in [2.75, 3.05) is 33.1 Å². The first-order valence-electron chi connectivity index (χ1n) is 8.81. The van der Waals surface area contributed by atoms with E-state index in [-0.39, 0.29) is 11.2 Å². The van der Waals surface area contributed by atoms with Crippen molar-refractivity contribution in [2.24, 2.45) is 0 Å². The third-order valence-corrected chi connectivity index (χ3v) is 6.13. The molecule has 1 aromatic heterocycles. The molecule has 0 unspecified atom stereocenters. The van der Waals surface area contributed by atoms with Gasteiger partial charge in [-0.1, -0.05) is 0 Å². The molecule has 0 bridgehead atoms. The first-order chi connectivity index (χ1) is 13.1. The third kappa shape index (κ3) is 4.36. The predicted molar refractivity (Wildman–Crippen MR) is 109 cm³/mol. The fourth-order valence-corrected chi connectivity index (χ4v) is 4.58. The quantitative estimate of drug-likeness (QED) is 0.538. The first-order valence-corrected chi connectivity index (χ1v) is 10.3. The van der Waals surface area contributed by atoms with E-state index in [1.165, 1.54) is 7.11 Å². The summed E-state index contributed by atoms with van der Waals surface area (Å²) in [4.78, 5) is 14.0. The van der Waals surface area contributed by atoms with Gasteiger partial charge in [-0.25, -0.2) is 4.68 Å². The molecule has 9 heteroatoms. The van der Waals surface area contributed by atoms with E-state index in [2.05, 4.69) is 11.8 Å². The zero-order valence-corrected chi connectivity index (χ0v) is 17.4. The van der Waals surface area contributed by atoms with Crippen LogP contribution in [0.1, 0.15) is 6.92 Å². The second kappa shape index (κ2) is 8.90. The van der Waals surface area contributed by atoms with Crippen molar-refractivity contribution < 1.29 is 14.3 Å². The van der Waals surface area contributed by atoms with Crippen LogP contribution in [0.4, 0.5) is 0 Å². The summed E-state index contributed by atoms with van der Waals surface area (Å²) in [6.45, 7) is 4.87. The number of carbonyl (C=O) groups excluding carboxylic acids is 1. The molecule has 0 spiro atoms. The van der Waals surface area contributed by atoms with Crippen molar-refractivity contribution in [3.8, 4) is 17.1 Å². The lowest BCUT2D eigenvalue weighted by Gasteiger charge is -2.30. The predicted octanol–water partition coefficient (Wildman–Crippen LogP) is 2.66. The van der Waals surface area contributed by atoms with Gasteiger partial charge in [0.1, 0.15) is 11.0 Å². The number of esters is 1. The van der Waals surface area contributed by atoms with Crippen LogP contribution in [0.2, 0.25) is 0 Å². The van der Waals surface area contributed by atoms with Gasteiger partial charge in [0.2, 0.25) is 0 Å². The van der Waals surface area contributed by atoms with Crippen molar-refractivity contribution in [1.29, 1.82) is 0 Å². The molecule has 0 amide bonds. The van der Waals surface area contributed by atoms with Crippen LogP contribution in [0.25, 0.3) is 11.4 Å². The first kappa shape index (κ1) is 19.9. The van der Waals surface area contributed by atoms with E-state index < -0.39 is 0 Å². The smallest absolute Gasteiger partial charge is 0.320 e. The van der Waals surface area contributed by atoms with Crippen LogP contribution in [0.15, 0.2) is 24.3 Å². The van der Waals surface area contributed by atoms with Gasteiger partial charge in [-0.15, -0.1) is 11.8 Å². The molecule has 27 heavy (non-hydrogen) atoms. The van der Waals surface area contributed by atoms with E-state index in [0.29, 0.717) is 18.0 Å². The van der Waals surface area contributed by atoms with Crippen molar-refractivity contribution in [3.05, 3.63) is 29.0 Å². The van der Waals surface area contributed by atoms with E-state index in [1.54, 1.807) is 18.9 Å². The van der Waals surface area contributed by atoms with Gasteiger partial charge in [0.15, 0.2) is 10.6 Å². The second-order valence-electron chi connectivity index (χ2n) is 6.18. The Labute approximate surface area is 168 Å². The molecule has 1 saturated heterocycles. The van der Waals surface area contributed by atoms with Gasteiger partial charge in [-0.3, -0.25) is 9.69 Å². The Morgan fingerprint density at radius 3 is 2.70 bits per heavy atom. The molecule has 1 aliphatic rings. The molecule has 3 rings (SSSR count). The second-order valence-corrected chi connectivity index (χ2v) is 7.86. The summed E-state index contributed by atoms with van der Waals surface area (Å²) in [5, 5.41) is 4.60. The highest BCUT2D eigenvalue weighted by Crippen LogP contribution is 2.23. The molecule has 7 nitrogen and oxygen atoms in total. The summed E-state index contributed by atoms with van der Waals surface area (Å²) in [5.74, 6) is 2.35. The number of methoxy groups -OCH3 is 2. The van der Waals surface area contributed by atoms with Gasteiger partial charge in [0.25, 0.3) is 0 Å². The highest BCUT2D eigenvalue weighted by molar-refractivity contribution is 8.00. The Morgan fingerprint density at radius 2 is 2.07 bits per heavy atom. The van der Waals surface area contributed by atoms with E-state index in [0.717, 1.165) is 36.0 Å². The summed E-state index contributed by atoms with van der Waals surface area (Å²) in [6.07, 6.45) is 0. The topological polar surface area (TPSA) is 61.5 Å². The number of benzene rings is 1. The summed E-state index contributed by atoms with van der Waals surface area (Å²) >= 11 is 7.29. The van der Waals surface area contributed by atoms with E-state index in [9.17, 15) is 4.79 Å². The lowest BCUT2D eigenvalue weighted by Crippen LogP contribution is -2.42. The van der Waals surface area contributed by atoms with Crippen molar-refractivity contribution in [2.45, 2.75) is 25.4 Å². The van der Waals surface area contributed by atoms with Crippen molar-refractivity contribution in [1.82, 2.24) is 19.2 Å². The van der Waals surface area contributed by atoms with Gasteiger partial charge in [-0.2, -0.15) is 5.10 Å². The SMILES string of the molecule is CCn1c(-c2ccc(OC)cc2)nn(CN2CCS[C@H](C(=O)OC)C2)c1=S. The molecule has 1 atom stereocenters. The molecule has 2 aromatic rings. The molecule has 0 N–H and O–H groups in total. The van der Waals surface area contributed by atoms with Crippen molar-refractivity contribution in [3.63, 3.8) is 0 Å². The number of ether oxygens (including phenoxy) is 2. The van der Waals surface area contributed by atoms with Crippen LogP contribution in [0, 0.1) is 4.77 Å². The maximum Gasteiger partial charge on any atom is 0.320 e. The lowest BCUT2D eigenvalue weighted by atomic mass is 10.2. The number of thioether (sulfide) groups is 1. The molecule has 1 aromatic carbocycles. The number of nitrogens with zero attached hydrogens (tertiary/aromatic N) is 4. The average molecular weight is 409 g/mol. The van der Waals surface area contributed by atoms with E-state index in [1.807, 2.05) is 33.5 Å². The zero-order valence-electron chi connectivity index (χ0n) is 15.8. The molecule has 0 saturated carbocycles. The zero-order chi connectivity index (χ0) is 19.4. The lowest BCUT2D eigenvalue weighted by molar-refractivity contribution is -0.140. The van der Waals surface area contributed by atoms with Crippen LogP contribution >= 0.6 is 24.0 Å². The Kier molecular flexibility index (Phi) is 6.56. The molecule has 0 radical (unpaired) electrons. The third-order valence-electron chi connectivity index (χ3n) is 4.54. The number of carbonyl (C=O) groups is 1. The van der Waals surface area contributed by atoms with E-state index >= 15 is 0 Å². The minimum Gasteiger partial charge on any atom is -0.497 e. The average Bonchev–Trinajstić information content (AvgIpc) is 3.03. The number of rotatable bonds is 6. The monoisotopic (exact) mass is 408 g/mol. The van der Waals surface area contributed by atoms with Crippen LogP contribution < -0.4 is 4.74 Å². The van der Waals surface area contributed by atoms with Crippen molar-refractivity contribution >= 4 is 29.9 Å². The highest BCUT2D eigenvalue weighted by Gasteiger charge is 2.27. The van der Waals surface area contributed by atoms with Gasteiger partial charge in [-0.05, 0) is 43.4 Å². The Bertz CT molecular complexity index is 847. The fraction of sp³-hybridized carbons (Fsp3) is 0.500. The van der Waals surface area contributed by atoms with Gasteiger partial charge >= 0.3 is 5.97 Å². The molecular weight excluding hydrogens is 384 g/mol. The summed E-state index contributed by atoms with van der Waals surface area (Å²) < 4.78 is 14.7. The largest absolute Gasteiger partial charge is 0.497 e. The maximum atomic E-state index is 11.8. The summed E-state index contributed by atoms with van der Waals surface area (Å²) in [6, 6.07) is 7.80. The van der Waals surface area contributed by atoms with Crippen LogP contribution in [0.5, 0.6) is 5.75 Å². The Morgan fingerprint density at radius 1 is 1.33 bits per heavy atom. The summed E-state index contributed by atoms with van der Waals surface area (Å²) in [5.41, 5.74) is 0.990. The highest BCUT2D eigenvalue weighted by atomic mass is 32.2. The Balaban J connectivity index is 1.83. The minimum absolute atomic E-state index is 0.160. The summed E-state index contributed by atoms with van der Waals surface area (Å²) in [7, 11) is 3.08. The molecular formula is C18H24N4O3S2. The molecule has 146 valence electrons. The van der Waals surface area contributed by atoms with Gasteiger partial charge in [0.05, 0.1) is 20.9 Å². The number of aromatic nitrogens is 3. The van der Waals surface area contributed by atoms with Crippen LogP contribution in [-0.4, -0.2) is 63.5 Å². The standard InChI is InChI=1S/C18H24N4O3S2/c1-4-21-16(13-5-7-14(24-2)8-6-13)19-22(18(21)26)12-20-9-10-27-15(11-20)17(23)25-3/h5-8,15H,4,9-12H2,1-3H3/t15-/m0/s1. The molecule has 1 fully saturated rings. The van der Waals surface area contributed by atoms with Gasteiger partial charge < -0.3 is 14.0 Å². The normalized spacial score (nSPS) is 17.7. The maximum absolute atomic E-state index is 11.8. The Hall–Kier alpha value is -1.84. The fourth-order valence-electron chi connectivity index (χ4n) is 3.07. The minimum atomic E-state index is -0.175. The van der Waals surface area contributed by atoms with Crippen LogP contribution in [-0.2, 0) is 22.7 Å². The number of hydrogen-bond donors (Lipinski definition) is 0. The van der Waals surface area contributed by atoms with Crippen LogP contribution in [0.3, 0.4) is 0 Å². The van der Waals surface area contributed by atoms with Gasteiger partial charge in [0, 0.05) is 31.0 Å². The molecule has 1 aliphatic heterocycles. The molecule has 2 heterocycles. The van der Waals surface area contributed by atoms with E-state index in [4.69, 9.17) is 26.8 Å².